The van der Waals surface area contributed by atoms with Crippen LogP contribution in [0.2, 0.25) is 0 Å². The maximum absolute atomic E-state index is 12.9. The Morgan fingerprint density at radius 1 is 1.15 bits per heavy atom. The zero-order valence-electron chi connectivity index (χ0n) is 14.3. The number of hydrogen-bond acceptors (Lipinski definition) is 2. The summed E-state index contributed by atoms with van der Waals surface area (Å²) in [7, 11) is 0. The van der Waals surface area contributed by atoms with Gasteiger partial charge in [-0.3, -0.25) is 4.79 Å². The highest BCUT2D eigenvalue weighted by atomic mass is 16.4. The van der Waals surface area contributed by atoms with E-state index in [-0.39, 0.29) is 17.5 Å². The number of benzene rings is 2. The predicted octanol–water partition coefficient (Wildman–Crippen LogP) is 3.83. The lowest BCUT2D eigenvalue weighted by molar-refractivity contribution is -0.132. The van der Waals surface area contributed by atoms with Gasteiger partial charge in [0.2, 0.25) is 0 Å². The molecule has 0 aliphatic carbocycles. The van der Waals surface area contributed by atoms with Gasteiger partial charge in [0.25, 0.3) is 5.91 Å². The summed E-state index contributed by atoms with van der Waals surface area (Å²) in [6, 6.07) is 15.6. The molecule has 0 bridgehead atoms. The van der Waals surface area contributed by atoms with E-state index in [0.717, 1.165) is 27.7 Å². The van der Waals surface area contributed by atoms with Crippen molar-refractivity contribution in [1.29, 1.82) is 0 Å². The first-order valence-electron chi connectivity index (χ1n) is 8.45. The quantitative estimate of drug-likeness (QED) is 0.708. The van der Waals surface area contributed by atoms with E-state index in [9.17, 15) is 9.59 Å². The van der Waals surface area contributed by atoms with E-state index in [1.165, 1.54) is 13.0 Å². The monoisotopic (exact) mass is 346 g/mol. The maximum Gasteiger partial charge on any atom is 0.331 e. The third-order valence-electron chi connectivity index (χ3n) is 4.87. The molecule has 130 valence electrons. The van der Waals surface area contributed by atoms with Gasteiger partial charge in [-0.1, -0.05) is 36.4 Å². The Hall–Kier alpha value is -3.34. The van der Waals surface area contributed by atoms with Gasteiger partial charge in [0.1, 0.15) is 0 Å². The Kier molecular flexibility index (Phi) is 3.84. The maximum atomic E-state index is 12.9. The van der Waals surface area contributed by atoms with E-state index < -0.39 is 5.97 Å². The number of hydrogen-bond donors (Lipinski definition) is 2. The standard InChI is InChI=1S/C21H18N2O3/c1-13(21(25)26)10-20(24)23-18-9-5-2-6-14(18)11-19(23)16-12-22-17-8-4-3-7-15(16)17/h2-10,12,19,22H,11H2,1H3,(H,25,26)/b13-10+/t19-/m1/s1. The van der Waals surface area contributed by atoms with Crippen LogP contribution in [0.25, 0.3) is 10.9 Å². The van der Waals surface area contributed by atoms with Crippen LogP contribution in [0.15, 0.2) is 66.4 Å². The number of nitrogens with one attached hydrogen (secondary N) is 1. The number of para-hydroxylation sites is 2. The molecule has 2 heterocycles. The second-order valence-electron chi connectivity index (χ2n) is 6.48. The number of carboxylic acids is 1. The molecule has 5 heteroatoms. The van der Waals surface area contributed by atoms with Crippen molar-refractivity contribution in [3.8, 4) is 0 Å². The topological polar surface area (TPSA) is 73.4 Å². The molecule has 1 aliphatic heterocycles. The Morgan fingerprint density at radius 2 is 1.88 bits per heavy atom. The number of carbonyl (C=O) groups excluding carboxylic acids is 1. The zero-order chi connectivity index (χ0) is 18.3. The number of carbonyl (C=O) groups is 2. The van der Waals surface area contributed by atoms with Crippen molar-refractivity contribution >= 4 is 28.5 Å². The third-order valence-corrected chi connectivity index (χ3v) is 4.87. The van der Waals surface area contributed by atoms with E-state index in [0.29, 0.717) is 6.42 Å². The number of aliphatic carboxylic acids is 1. The molecule has 5 nitrogen and oxygen atoms in total. The molecule has 0 saturated heterocycles. The van der Waals surface area contributed by atoms with E-state index in [1.807, 2.05) is 54.7 Å². The second-order valence-corrected chi connectivity index (χ2v) is 6.48. The minimum absolute atomic E-state index is 0.0251. The number of H-pyrrole nitrogens is 1. The first-order valence-corrected chi connectivity index (χ1v) is 8.45. The lowest BCUT2D eigenvalue weighted by atomic mass is 10.0. The van der Waals surface area contributed by atoms with Crippen LogP contribution in [0.4, 0.5) is 5.69 Å². The number of aromatic nitrogens is 1. The van der Waals surface area contributed by atoms with Gasteiger partial charge >= 0.3 is 5.97 Å². The van der Waals surface area contributed by atoms with Crippen molar-refractivity contribution in [2.24, 2.45) is 0 Å². The molecule has 0 saturated carbocycles. The average molecular weight is 346 g/mol. The molecule has 0 fully saturated rings. The van der Waals surface area contributed by atoms with Crippen LogP contribution in [0.5, 0.6) is 0 Å². The normalized spacial score (nSPS) is 16.7. The fourth-order valence-electron chi connectivity index (χ4n) is 3.59. The number of fused-ring (bicyclic) bond motifs is 2. The lowest BCUT2D eigenvalue weighted by Crippen LogP contribution is -2.31. The number of carboxylic acid groups (broad SMARTS) is 1. The Balaban J connectivity index is 1.82. The average Bonchev–Trinajstić information content (AvgIpc) is 3.22. The molecule has 2 N–H and O–H groups in total. The van der Waals surface area contributed by atoms with Gasteiger partial charge in [0.05, 0.1) is 6.04 Å². The molecule has 1 amide bonds. The fraction of sp³-hybridized carbons (Fsp3) is 0.143. The Morgan fingerprint density at radius 3 is 2.69 bits per heavy atom. The van der Waals surface area contributed by atoms with Crippen molar-refractivity contribution in [1.82, 2.24) is 4.98 Å². The summed E-state index contributed by atoms with van der Waals surface area (Å²) >= 11 is 0. The van der Waals surface area contributed by atoms with Gasteiger partial charge in [-0.2, -0.15) is 0 Å². The molecule has 0 radical (unpaired) electrons. The van der Waals surface area contributed by atoms with Crippen LogP contribution in [0.3, 0.4) is 0 Å². The van der Waals surface area contributed by atoms with Crippen molar-refractivity contribution in [2.45, 2.75) is 19.4 Å². The largest absolute Gasteiger partial charge is 0.478 e. The molecular weight excluding hydrogens is 328 g/mol. The van der Waals surface area contributed by atoms with Crippen LogP contribution in [0, 0.1) is 0 Å². The predicted molar refractivity (Wildman–Crippen MR) is 100 cm³/mol. The van der Waals surface area contributed by atoms with Gasteiger partial charge in [-0.05, 0) is 31.0 Å². The molecule has 26 heavy (non-hydrogen) atoms. The van der Waals surface area contributed by atoms with Gasteiger partial charge in [0.15, 0.2) is 0 Å². The fourth-order valence-corrected chi connectivity index (χ4v) is 3.59. The molecule has 1 atom stereocenters. The number of aromatic amines is 1. The van der Waals surface area contributed by atoms with Crippen molar-refractivity contribution < 1.29 is 14.7 Å². The van der Waals surface area contributed by atoms with E-state index >= 15 is 0 Å². The summed E-state index contributed by atoms with van der Waals surface area (Å²) in [5.41, 5.74) is 3.99. The minimum Gasteiger partial charge on any atom is -0.478 e. The Labute approximate surface area is 150 Å². The molecule has 1 aliphatic rings. The lowest BCUT2D eigenvalue weighted by Gasteiger charge is -2.24. The van der Waals surface area contributed by atoms with Crippen LogP contribution >= 0.6 is 0 Å². The molecule has 4 rings (SSSR count). The zero-order valence-corrected chi connectivity index (χ0v) is 14.3. The smallest absolute Gasteiger partial charge is 0.331 e. The minimum atomic E-state index is -1.09. The highest BCUT2D eigenvalue weighted by molar-refractivity contribution is 6.07. The first-order chi connectivity index (χ1) is 12.6. The summed E-state index contributed by atoms with van der Waals surface area (Å²) in [5, 5.41) is 10.2. The van der Waals surface area contributed by atoms with Gasteiger partial charge in [-0.15, -0.1) is 0 Å². The SMILES string of the molecule is C/C(=C\C(=O)N1c2ccccc2C[C@@H]1c1c[nH]c2ccccc12)C(=O)O. The molecule has 3 aromatic rings. The summed E-state index contributed by atoms with van der Waals surface area (Å²) in [6.07, 6.45) is 3.84. The van der Waals surface area contributed by atoms with Crippen LogP contribution in [-0.2, 0) is 16.0 Å². The molecule has 0 unspecified atom stereocenters. The second kappa shape index (κ2) is 6.19. The third kappa shape index (κ3) is 2.58. The molecule has 2 aromatic carbocycles. The van der Waals surface area contributed by atoms with Crippen molar-refractivity contribution in [3.63, 3.8) is 0 Å². The molecule has 1 aromatic heterocycles. The summed E-state index contributed by atoms with van der Waals surface area (Å²) in [5.74, 6) is -1.40. The summed E-state index contributed by atoms with van der Waals surface area (Å²) in [6.45, 7) is 1.43. The van der Waals surface area contributed by atoms with Crippen molar-refractivity contribution in [2.75, 3.05) is 4.90 Å². The van der Waals surface area contributed by atoms with Gasteiger partial charge in [0, 0.05) is 40.0 Å². The highest BCUT2D eigenvalue weighted by Gasteiger charge is 2.35. The van der Waals surface area contributed by atoms with E-state index in [2.05, 4.69) is 4.98 Å². The highest BCUT2D eigenvalue weighted by Crippen LogP contribution is 2.42. The van der Waals surface area contributed by atoms with Gasteiger partial charge < -0.3 is 15.0 Å². The van der Waals surface area contributed by atoms with Crippen LogP contribution in [0.1, 0.15) is 24.1 Å². The first kappa shape index (κ1) is 16.1. The summed E-state index contributed by atoms with van der Waals surface area (Å²) in [4.78, 5) is 29.0. The number of nitrogens with zero attached hydrogens (tertiary/aromatic N) is 1. The van der Waals surface area contributed by atoms with Crippen molar-refractivity contribution in [3.05, 3.63) is 77.5 Å². The van der Waals surface area contributed by atoms with Crippen LogP contribution in [-0.4, -0.2) is 22.0 Å². The number of anilines is 1. The number of amides is 1. The Bertz CT molecular complexity index is 1050. The van der Waals surface area contributed by atoms with E-state index in [1.54, 1.807) is 4.90 Å². The van der Waals surface area contributed by atoms with Crippen LogP contribution < -0.4 is 4.90 Å². The number of rotatable bonds is 3. The van der Waals surface area contributed by atoms with Gasteiger partial charge in [-0.25, -0.2) is 4.79 Å². The summed E-state index contributed by atoms with van der Waals surface area (Å²) < 4.78 is 0. The molecular formula is C21H18N2O3. The molecule has 0 spiro atoms. The van der Waals surface area contributed by atoms with E-state index in [4.69, 9.17) is 5.11 Å².